The fourth-order valence-corrected chi connectivity index (χ4v) is 3.12. The monoisotopic (exact) mass is 386 g/mol. The standard InChI is InChI=1S/C18H22N6O4/c1-12(2)20-18(26)13-4-5-15(16(8-13)24(27)28)22-6-7-23(17(25)11-22)14-9-19-21(3)10-14/h4-5,8-10,12H,6-7,11H2,1-3H3,(H,20,26). The van der Waals surface area contributed by atoms with E-state index in [-0.39, 0.29) is 35.7 Å². The number of nitrogens with zero attached hydrogens (tertiary/aromatic N) is 5. The molecule has 1 aliphatic rings. The number of piperazine rings is 1. The van der Waals surface area contributed by atoms with Gasteiger partial charge in [-0.2, -0.15) is 5.10 Å². The Morgan fingerprint density at radius 3 is 2.64 bits per heavy atom. The minimum absolute atomic E-state index is 0.00721. The zero-order chi connectivity index (χ0) is 20.4. The Bertz CT molecular complexity index is 923. The lowest BCUT2D eigenvalue weighted by molar-refractivity contribution is -0.384. The van der Waals surface area contributed by atoms with Gasteiger partial charge >= 0.3 is 0 Å². The van der Waals surface area contributed by atoms with Crippen molar-refractivity contribution in [2.24, 2.45) is 7.05 Å². The van der Waals surface area contributed by atoms with Crippen molar-refractivity contribution < 1.29 is 14.5 Å². The van der Waals surface area contributed by atoms with Gasteiger partial charge in [0, 0.05) is 44.0 Å². The highest BCUT2D eigenvalue weighted by Crippen LogP contribution is 2.31. The van der Waals surface area contributed by atoms with Gasteiger partial charge in [-0.1, -0.05) is 0 Å². The lowest BCUT2D eigenvalue weighted by Gasteiger charge is -2.34. The van der Waals surface area contributed by atoms with Gasteiger partial charge in [-0.25, -0.2) is 0 Å². The molecule has 10 nitrogen and oxygen atoms in total. The van der Waals surface area contributed by atoms with Crippen LogP contribution in [0.2, 0.25) is 0 Å². The molecule has 0 spiro atoms. The predicted octanol–water partition coefficient (Wildman–Crippen LogP) is 1.32. The summed E-state index contributed by atoms with van der Waals surface area (Å²) in [4.78, 5) is 39.1. The molecule has 0 radical (unpaired) electrons. The maximum absolute atomic E-state index is 12.6. The van der Waals surface area contributed by atoms with Gasteiger partial charge < -0.3 is 15.1 Å². The van der Waals surface area contributed by atoms with Crippen LogP contribution in [0.5, 0.6) is 0 Å². The van der Waals surface area contributed by atoms with E-state index in [0.29, 0.717) is 24.5 Å². The Morgan fingerprint density at radius 1 is 1.32 bits per heavy atom. The highest BCUT2D eigenvalue weighted by atomic mass is 16.6. The Kier molecular flexibility index (Phi) is 5.30. The third kappa shape index (κ3) is 3.95. The average molecular weight is 386 g/mol. The molecule has 1 aromatic heterocycles. The van der Waals surface area contributed by atoms with Crippen LogP contribution in [0.3, 0.4) is 0 Å². The van der Waals surface area contributed by atoms with E-state index >= 15 is 0 Å². The van der Waals surface area contributed by atoms with E-state index in [9.17, 15) is 19.7 Å². The first-order chi connectivity index (χ1) is 13.3. The minimum Gasteiger partial charge on any atom is -0.355 e. The lowest BCUT2D eigenvalue weighted by atomic mass is 10.1. The van der Waals surface area contributed by atoms with Crippen molar-refractivity contribution in [3.8, 4) is 0 Å². The minimum atomic E-state index is -0.528. The summed E-state index contributed by atoms with van der Waals surface area (Å²) in [6.07, 6.45) is 3.36. The van der Waals surface area contributed by atoms with Gasteiger partial charge in [0.15, 0.2) is 0 Å². The fourth-order valence-electron chi connectivity index (χ4n) is 3.12. The number of anilines is 2. The van der Waals surface area contributed by atoms with Crippen molar-refractivity contribution in [2.75, 3.05) is 29.4 Å². The molecule has 0 atom stereocenters. The third-order valence-electron chi connectivity index (χ3n) is 4.42. The van der Waals surface area contributed by atoms with E-state index in [4.69, 9.17) is 0 Å². The maximum Gasteiger partial charge on any atom is 0.293 e. The van der Waals surface area contributed by atoms with Crippen molar-refractivity contribution in [1.82, 2.24) is 15.1 Å². The van der Waals surface area contributed by atoms with E-state index in [2.05, 4.69) is 10.4 Å². The predicted molar refractivity (Wildman–Crippen MR) is 103 cm³/mol. The number of aromatic nitrogens is 2. The van der Waals surface area contributed by atoms with Crippen LogP contribution in [0.1, 0.15) is 24.2 Å². The number of nitro benzene ring substituents is 1. The molecule has 0 unspecified atom stereocenters. The molecule has 0 aliphatic carbocycles. The van der Waals surface area contributed by atoms with Gasteiger partial charge in [-0.05, 0) is 26.0 Å². The van der Waals surface area contributed by atoms with E-state index < -0.39 is 4.92 Å². The van der Waals surface area contributed by atoms with Crippen molar-refractivity contribution >= 4 is 28.9 Å². The second-order valence-corrected chi connectivity index (χ2v) is 6.93. The first-order valence-electron chi connectivity index (χ1n) is 8.89. The maximum atomic E-state index is 12.6. The summed E-state index contributed by atoms with van der Waals surface area (Å²) in [5, 5.41) is 18.4. The molecular formula is C18H22N6O4. The highest BCUT2D eigenvalue weighted by Gasteiger charge is 2.30. The van der Waals surface area contributed by atoms with Gasteiger partial charge in [-0.15, -0.1) is 0 Å². The molecule has 148 valence electrons. The number of aryl methyl sites for hydroxylation is 1. The van der Waals surface area contributed by atoms with E-state index in [1.54, 1.807) is 33.9 Å². The van der Waals surface area contributed by atoms with Crippen LogP contribution >= 0.6 is 0 Å². The molecule has 0 saturated carbocycles. The van der Waals surface area contributed by atoms with Crippen LogP contribution in [-0.4, -0.2) is 52.2 Å². The smallest absolute Gasteiger partial charge is 0.293 e. The van der Waals surface area contributed by atoms with E-state index in [1.165, 1.54) is 18.2 Å². The number of benzene rings is 1. The quantitative estimate of drug-likeness (QED) is 0.612. The molecule has 0 bridgehead atoms. The SMILES string of the molecule is CC(C)NC(=O)c1ccc(N2CCN(c3cnn(C)c3)C(=O)C2)c([N+](=O)[O-])c1. The summed E-state index contributed by atoms with van der Waals surface area (Å²) >= 11 is 0. The Morgan fingerprint density at radius 2 is 2.07 bits per heavy atom. The third-order valence-corrected chi connectivity index (χ3v) is 4.42. The molecular weight excluding hydrogens is 364 g/mol. The number of rotatable bonds is 5. The molecule has 10 heteroatoms. The van der Waals surface area contributed by atoms with Crippen LogP contribution in [0, 0.1) is 10.1 Å². The molecule has 1 aromatic carbocycles. The summed E-state index contributed by atoms with van der Waals surface area (Å²) in [5.41, 5.74) is 1.04. The van der Waals surface area contributed by atoms with Gasteiger partial charge in [0.05, 0.1) is 23.4 Å². The molecule has 1 fully saturated rings. The molecule has 1 saturated heterocycles. The number of hydrogen-bond acceptors (Lipinski definition) is 6. The summed E-state index contributed by atoms with van der Waals surface area (Å²) in [7, 11) is 1.77. The van der Waals surface area contributed by atoms with Crippen molar-refractivity contribution in [1.29, 1.82) is 0 Å². The first-order valence-corrected chi connectivity index (χ1v) is 8.89. The van der Waals surface area contributed by atoms with Gasteiger partial charge in [0.25, 0.3) is 11.6 Å². The molecule has 1 aliphatic heterocycles. The number of nitrogens with one attached hydrogen (secondary N) is 1. The van der Waals surface area contributed by atoms with Crippen LogP contribution in [-0.2, 0) is 11.8 Å². The van der Waals surface area contributed by atoms with Crippen LogP contribution in [0.15, 0.2) is 30.6 Å². The van der Waals surface area contributed by atoms with E-state index in [0.717, 1.165) is 0 Å². The molecule has 3 rings (SSSR count). The lowest BCUT2D eigenvalue weighted by Crippen LogP contribution is -2.50. The highest BCUT2D eigenvalue weighted by molar-refractivity contribution is 5.99. The van der Waals surface area contributed by atoms with Gasteiger partial charge in [0.1, 0.15) is 5.69 Å². The number of nitro groups is 1. The van der Waals surface area contributed by atoms with Crippen molar-refractivity contribution in [3.63, 3.8) is 0 Å². The normalized spacial score (nSPS) is 14.5. The zero-order valence-electron chi connectivity index (χ0n) is 16.0. The molecule has 2 aromatic rings. The molecule has 1 N–H and O–H groups in total. The Hall–Kier alpha value is -3.43. The van der Waals surface area contributed by atoms with Crippen molar-refractivity contribution in [2.45, 2.75) is 19.9 Å². The fraction of sp³-hybridized carbons (Fsp3) is 0.389. The van der Waals surface area contributed by atoms with Gasteiger partial charge in [0.2, 0.25) is 5.91 Å². The first kappa shape index (κ1) is 19.3. The van der Waals surface area contributed by atoms with E-state index in [1.807, 2.05) is 13.8 Å². The summed E-state index contributed by atoms with van der Waals surface area (Å²) in [6, 6.07) is 4.24. The summed E-state index contributed by atoms with van der Waals surface area (Å²) in [6.45, 7) is 4.45. The second kappa shape index (κ2) is 7.67. The topological polar surface area (TPSA) is 114 Å². The van der Waals surface area contributed by atoms with Crippen molar-refractivity contribution in [3.05, 3.63) is 46.3 Å². The second-order valence-electron chi connectivity index (χ2n) is 6.93. The van der Waals surface area contributed by atoms with Crippen LogP contribution in [0.25, 0.3) is 0 Å². The van der Waals surface area contributed by atoms with Crippen LogP contribution < -0.4 is 15.1 Å². The molecule has 2 heterocycles. The number of carbonyl (C=O) groups is 2. The largest absolute Gasteiger partial charge is 0.355 e. The number of hydrogen-bond donors (Lipinski definition) is 1. The van der Waals surface area contributed by atoms with Crippen LogP contribution in [0.4, 0.5) is 17.1 Å². The Balaban J connectivity index is 1.82. The summed E-state index contributed by atoms with van der Waals surface area (Å²) < 4.78 is 1.61. The summed E-state index contributed by atoms with van der Waals surface area (Å²) in [5.74, 6) is -0.544. The average Bonchev–Trinajstić information content (AvgIpc) is 3.06. The van der Waals surface area contributed by atoms with Gasteiger partial charge in [-0.3, -0.25) is 24.4 Å². The Labute approximate surface area is 161 Å². The molecule has 2 amide bonds. The zero-order valence-corrected chi connectivity index (χ0v) is 16.0. The number of amides is 2. The number of carbonyl (C=O) groups excluding carboxylic acids is 2. The molecule has 28 heavy (non-hydrogen) atoms.